The van der Waals surface area contributed by atoms with Crippen LogP contribution in [0.25, 0.3) is 0 Å². The molecule has 0 N–H and O–H groups in total. The molecule has 0 spiro atoms. The molecule has 0 aliphatic heterocycles. The number of rotatable bonds is 6. The minimum absolute atomic E-state index is 0.473. The number of ether oxygens (including phenoxy) is 1. The van der Waals surface area contributed by atoms with Crippen molar-refractivity contribution in [2.45, 2.75) is 76.5 Å². The van der Waals surface area contributed by atoms with Crippen molar-refractivity contribution in [1.82, 2.24) is 0 Å². The fourth-order valence-corrected chi connectivity index (χ4v) is 3.78. The Balaban J connectivity index is 1.58. The summed E-state index contributed by atoms with van der Waals surface area (Å²) < 4.78 is 19.0. The van der Waals surface area contributed by atoms with Gasteiger partial charge in [-0.3, -0.25) is 0 Å². The minimum atomic E-state index is -0.512. The first-order valence-electron chi connectivity index (χ1n) is 8.09. The van der Waals surface area contributed by atoms with Gasteiger partial charge in [0, 0.05) is 12.5 Å². The molecule has 3 heteroatoms. The predicted molar refractivity (Wildman–Crippen MR) is 78.5 cm³/mol. The zero-order valence-corrected chi connectivity index (χ0v) is 12.7. The van der Waals surface area contributed by atoms with E-state index >= 15 is 0 Å². The van der Waals surface area contributed by atoms with E-state index in [1.54, 1.807) is 0 Å². The van der Waals surface area contributed by atoms with Gasteiger partial charge in [0.25, 0.3) is 0 Å². The van der Waals surface area contributed by atoms with E-state index in [1.165, 1.54) is 32.1 Å². The third kappa shape index (κ3) is 5.59. The Kier molecular flexibility index (Phi) is 6.93. The summed E-state index contributed by atoms with van der Waals surface area (Å²) in [6, 6.07) is 0. The van der Waals surface area contributed by atoms with Crippen LogP contribution in [0.15, 0.2) is 0 Å². The van der Waals surface area contributed by atoms with Gasteiger partial charge in [-0.15, -0.1) is 11.6 Å². The lowest BCUT2D eigenvalue weighted by molar-refractivity contribution is 0.0150. The van der Waals surface area contributed by atoms with Gasteiger partial charge in [0.05, 0.1) is 6.10 Å². The molecule has 2 aliphatic rings. The van der Waals surface area contributed by atoms with Crippen LogP contribution in [0.4, 0.5) is 4.39 Å². The third-order valence-corrected chi connectivity index (χ3v) is 5.14. The molecule has 0 aromatic carbocycles. The zero-order valence-electron chi connectivity index (χ0n) is 12.0. The lowest BCUT2D eigenvalue weighted by Crippen LogP contribution is -2.25. The summed E-state index contributed by atoms with van der Waals surface area (Å²) in [6.07, 6.45) is 11.2. The molecule has 1 nitrogen and oxygen atoms in total. The van der Waals surface area contributed by atoms with Gasteiger partial charge in [0.2, 0.25) is 0 Å². The molecule has 0 radical (unpaired) electrons. The van der Waals surface area contributed by atoms with E-state index in [9.17, 15) is 4.39 Å². The largest absolute Gasteiger partial charge is 0.378 e. The highest BCUT2D eigenvalue weighted by Gasteiger charge is 2.26. The molecule has 0 aromatic rings. The molecule has 0 bridgehead atoms. The molecule has 0 atom stereocenters. The molecule has 0 amide bonds. The highest BCUT2D eigenvalue weighted by Crippen LogP contribution is 2.36. The van der Waals surface area contributed by atoms with Crippen LogP contribution in [0.1, 0.15) is 64.2 Å². The van der Waals surface area contributed by atoms with Crippen molar-refractivity contribution >= 4 is 11.6 Å². The molecular weight excluding hydrogens is 263 g/mol. The fraction of sp³-hybridized carbons (Fsp3) is 1.00. The SMILES string of the molecule is FC1CCC(CC2CCC(OCCCCl)CC2)CC1. The molecule has 2 saturated carbocycles. The van der Waals surface area contributed by atoms with E-state index in [0.29, 0.717) is 12.0 Å². The minimum Gasteiger partial charge on any atom is -0.378 e. The molecule has 112 valence electrons. The Bertz CT molecular complexity index is 233. The summed E-state index contributed by atoms with van der Waals surface area (Å²) in [5, 5.41) is 0. The Morgan fingerprint density at radius 2 is 1.47 bits per heavy atom. The van der Waals surface area contributed by atoms with Crippen molar-refractivity contribution in [3.05, 3.63) is 0 Å². The van der Waals surface area contributed by atoms with Crippen molar-refractivity contribution in [1.29, 1.82) is 0 Å². The van der Waals surface area contributed by atoms with E-state index in [0.717, 1.165) is 50.5 Å². The van der Waals surface area contributed by atoms with Crippen LogP contribution < -0.4 is 0 Å². The molecule has 2 fully saturated rings. The quantitative estimate of drug-likeness (QED) is 0.488. The number of alkyl halides is 2. The molecule has 0 unspecified atom stereocenters. The summed E-state index contributed by atoms with van der Waals surface area (Å²) in [5.74, 6) is 2.37. The van der Waals surface area contributed by atoms with Crippen LogP contribution in [-0.2, 0) is 4.74 Å². The lowest BCUT2D eigenvalue weighted by Gasteiger charge is -2.32. The fourth-order valence-electron chi connectivity index (χ4n) is 3.67. The highest BCUT2D eigenvalue weighted by atomic mass is 35.5. The Morgan fingerprint density at radius 3 is 2.05 bits per heavy atom. The summed E-state index contributed by atoms with van der Waals surface area (Å²) in [7, 11) is 0. The van der Waals surface area contributed by atoms with Crippen LogP contribution in [-0.4, -0.2) is 24.8 Å². The van der Waals surface area contributed by atoms with E-state index in [4.69, 9.17) is 16.3 Å². The maximum absolute atomic E-state index is 13.1. The first-order chi connectivity index (χ1) is 9.28. The zero-order chi connectivity index (χ0) is 13.5. The van der Waals surface area contributed by atoms with Crippen LogP contribution in [0, 0.1) is 11.8 Å². The van der Waals surface area contributed by atoms with Crippen LogP contribution in [0.2, 0.25) is 0 Å². The third-order valence-electron chi connectivity index (χ3n) is 4.87. The predicted octanol–water partition coefficient (Wildman–Crippen LogP) is 5.11. The van der Waals surface area contributed by atoms with E-state index in [-0.39, 0.29) is 0 Å². The van der Waals surface area contributed by atoms with Gasteiger partial charge < -0.3 is 4.74 Å². The van der Waals surface area contributed by atoms with Crippen LogP contribution in [0.3, 0.4) is 0 Å². The second kappa shape index (κ2) is 8.46. The second-order valence-electron chi connectivity index (χ2n) is 6.41. The lowest BCUT2D eigenvalue weighted by atomic mass is 9.77. The molecule has 2 aliphatic carbocycles. The van der Waals surface area contributed by atoms with Crippen molar-refractivity contribution in [3.8, 4) is 0 Å². The second-order valence-corrected chi connectivity index (χ2v) is 6.79. The first kappa shape index (κ1) is 15.6. The Labute approximate surface area is 122 Å². The molecule has 19 heavy (non-hydrogen) atoms. The number of hydrogen-bond acceptors (Lipinski definition) is 1. The van der Waals surface area contributed by atoms with Gasteiger partial charge in [-0.1, -0.05) is 0 Å². The van der Waals surface area contributed by atoms with Crippen LogP contribution >= 0.6 is 11.6 Å². The van der Waals surface area contributed by atoms with Gasteiger partial charge in [0.15, 0.2) is 0 Å². The van der Waals surface area contributed by atoms with Crippen molar-refractivity contribution in [2.75, 3.05) is 12.5 Å². The molecule has 0 heterocycles. The summed E-state index contributed by atoms with van der Waals surface area (Å²) in [4.78, 5) is 0. The summed E-state index contributed by atoms with van der Waals surface area (Å²) >= 11 is 5.65. The summed E-state index contributed by atoms with van der Waals surface area (Å²) in [6.45, 7) is 0.819. The maximum Gasteiger partial charge on any atom is 0.100 e. The van der Waals surface area contributed by atoms with Crippen molar-refractivity contribution in [2.24, 2.45) is 11.8 Å². The van der Waals surface area contributed by atoms with Crippen molar-refractivity contribution < 1.29 is 9.13 Å². The average molecular weight is 291 g/mol. The van der Waals surface area contributed by atoms with Gasteiger partial charge >= 0.3 is 0 Å². The van der Waals surface area contributed by atoms with Crippen molar-refractivity contribution in [3.63, 3.8) is 0 Å². The highest BCUT2D eigenvalue weighted by molar-refractivity contribution is 6.17. The van der Waals surface area contributed by atoms with Crippen LogP contribution in [0.5, 0.6) is 0 Å². The first-order valence-corrected chi connectivity index (χ1v) is 8.63. The van der Waals surface area contributed by atoms with Gasteiger partial charge in [-0.25, -0.2) is 4.39 Å². The molecule has 0 aromatic heterocycles. The average Bonchev–Trinajstić information content (AvgIpc) is 2.44. The smallest absolute Gasteiger partial charge is 0.100 e. The van der Waals surface area contributed by atoms with E-state index in [2.05, 4.69) is 0 Å². The Hall–Kier alpha value is 0.180. The van der Waals surface area contributed by atoms with Gasteiger partial charge in [-0.2, -0.15) is 0 Å². The summed E-state index contributed by atoms with van der Waals surface area (Å²) in [5.41, 5.74) is 0. The monoisotopic (exact) mass is 290 g/mol. The Morgan fingerprint density at radius 1 is 0.895 bits per heavy atom. The molecular formula is C16H28ClFO. The number of halogens is 2. The van der Waals surface area contributed by atoms with Gasteiger partial charge in [-0.05, 0) is 76.0 Å². The van der Waals surface area contributed by atoms with E-state index in [1.807, 2.05) is 0 Å². The van der Waals surface area contributed by atoms with E-state index < -0.39 is 6.17 Å². The number of hydrogen-bond donors (Lipinski definition) is 0. The normalized spacial score (nSPS) is 36.3. The molecule has 2 rings (SSSR count). The van der Waals surface area contributed by atoms with Gasteiger partial charge in [0.1, 0.15) is 6.17 Å². The topological polar surface area (TPSA) is 9.23 Å². The molecule has 0 saturated heterocycles. The standard InChI is InChI=1S/C16H28ClFO/c17-10-1-11-19-16-8-4-14(5-9-16)12-13-2-6-15(18)7-3-13/h13-16H,1-12H2. The maximum atomic E-state index is 13.1.